The van der Waals surface area contributed by atoms with E-state index in [1.165, 1.54) is 0 Å². The van der Waals surface area contributed by atoms with Crippen molar-refractivity contribution in [1.29, 1.82) is 0 Å². The largest absolute Gasteiger partial charge is 0.392 e. The van der Waals surface area contributed by atoms with E-state index in [2.05, 4.69) is 34.9 Å². The Balaban J connectivity index is 2.77. The Hall–Kier alpha value is -0.870. The molecule has 1 N–H and O–H groups in total. The second-order valence-electron chi connectivity index (χ2n) is 3.84. The van der Waals surface area contributed by atoms with Crippen LogP contribution in [0.25, 0.3) is 10.9 Å². The molecule has 0 unspecified atom stereocenters. The fraction of sp³-hybridized carbons (Fsp3) is 0.364. The third-order valence-corrected chi connectivity index (χ3v) is 2.85. The number of aliphatic hydroxyl groups excluding tert-OH is 1. The van der Waals surface area contributed by atoms with Crippen molar-refractivity contribution in [1.82, 2.24) is 9.78 Å². The Morgan fingerprint density at radius 2 is 2.20 bits per heavy atom. The molecule has 1 aromatic heterocycles. The van der Waals surface area contributed by atoms with Crippen LogP contribution in [-0.2, 0) is 6.61 Å². The SMILES string of the molecule is CC(C)n1ncc2cc(Br)cc(CO)c21. The first-order valence-electron chi connectivity index (χ1n) is 4.90. The van der Waals surface area contributed by atoms with Crippen molar-refractivity contribution in [2.24, 2.45) is 0 Å². The smallest absolute Gasteiger partial charge is 0.0741 e. The summed E-state index contributed by atoms with van der Waals surface area (Å²) in [6.45, 7) is 4.19. The summed E-state index contributed by atoms with van der Waals surface area (Å²) in [6.07, 6.45) is 1.83. The maximum absolute atomic E-state index is 9.32. The number of rotatable bonds is 2. The normalized spacial score (nSPS) is 11.5. The molecule has 80 valence electrons. The minimum absolute atomic E-state index is 0.0361. The van der Waals surface area contributed by atoms with E-state index in [-0.39, 0.29) is 6.61 Å². The zero-order valence-electron chi connectivity index (χ0n) is 8.74. The molecular formula is C11H13BrN2O. The van der Waals surface area contributed by atoms with Gasteiger partial charge in [0.2, 0.25) is 0 Å². The van der Waals surface area contributed by atoms with E-state index in [4.69, 9.17) is 0 Å². The minimum Gasteiger partial charge on any atom is -0.392 e. The number of aliphatic hydroxyl groups is 1. The Morgan fingerprint density at radius 3 is 2.80 bits per heavy atom. The lowest BCUT2D eigenvalue weighted by Gasteiger charge is -2.10. The van der Waals surface area contributed by atoms with Crippen molar-refractivity contribution in [3.8, 4) is 0 Å². The van der Waals surface area contributed by atoms with Gasteiger partial charge in [0.1, 0.15) is 0 Å². The van der Waals surface area contributed by atoms with E-state index in [9.17, 15) is 5.11 Å². The first kappa shape index (κ1) is 10.6. The summed E-state index contributed by atoms with van der Waals surface area (Å²) < 4.78 is 2.91. The summed E-state index contributed by atoms with van der Waals surface area (Å²) >= 11 is 3.42. The first-order valence-corrected chi connectivity index (χ1v) is 5.69. The van der Waals surface area contributed by atoms with Gasteiger partial charge in [0.15, 0.2) is 0 Å². The van der Waals surface area contributed by atoms with E-state index < -0.39 is 0 Å². The van der Waals surface area contributed by atoms with E-state index in [1.54, 1.807) is 0 Å². The van der Waals surface area contributed by atoms with Crippen molar-refractivity contribution < 1.29 is 5.11 Å². The van der Waals surface area contributed by atoms with Crippen molar-refractivity contribution in [3.05, 3.63) is 28.4 Å². The molecule has 0 saturated carbocycles. The van der Waals surface area contributed by atoms with E-state index in [0.717, 1.165) is 20.9 Å². The van der Waals surface area contributed by atoms with Gasteiger partial charge in [-0.2, -0.15) is 5.10 Å². The fourth-order valence-electron chi connectivity index (χ4n) is 1.75. The molecule has 4 heteroatoms. The first-order chi connectivity index (χ1) is 7.13. The molecule has 2 rings (SSSR count). The molecule has 0 spiro atoms. The average Bonchev–Trinajstić information content (AvgIpc) is 2.59. The van der Waals surface area contributed by atoms with Gasteiger partial charge in [-0.3, -0.25) is 4.68 Å². The third kappa shape index (κ3) is 1.79. The van der Waals surface area contributed by atoms with Gasteiger partial charge in [0.25, 0.3) is 0 Å². The van der Waals surface area contributed by atoms with Crippen LogP contribution in [0.15, 0.2) is 22.8 Å². The summed E-state index contributed by atoms with van der Waals surface area (Å²) in [5, 5.41) is 14.7. The summed E-state index contributed by atoms with van der Waals surface area (Å²) in [5.74, 6) is 0. The molecule has 0 atom stereocenters. The second kappa shape index (κ2) is 3.94. The van der Waals surface area contributed by atoms with Crippen molar-refractivity contribution >= 4 is 26.8 Å². The van der Waals surface area contributed by atoms with Crippen LogP contribution < -0.4 is 0 Å². The van der Waals surface area contributed by atoms with Crippen molar-refractivity contribution in [2.45, 2.75) is 26.5 Å². The lowest BCUT2D eigenvalue weighted by Crippen LogP contribution is -2.04. The zero-order valence-corrected chi connectivity index (χ0v) is 10.3. The van der Waals surface area contributed by atoms with Gasteiger partial charge in [0.05, 0.1) is 18.3 Å². The molecule has 0 aliphatic rings. The lowest BCUT2D eigenvalue weighted by molar-refractivity contribution is 0.282. The highest BCUT2D eigenvalue weighted by Gasteiger charge is 2.10. The Morgan fingerprint density at radius 1 is 1.47 bits per heavy atom. The third-order valence-electron chi connectivity index (χ3n) is 2.39. The molecule has 1 aromatic carbocycles. The van der Waals surface area contributed by atoms with E-state index in [0.29, 0.717) is 6.04 Å². The van der Waals surface area contributed by atoms with Gasteiger partial charge >= 0.3 is 0 Å². The van der Waals surface area contributed by atoms with Crippen LogP contribution in [0.1, 0.15) is 25.5 Å². The maximum Gasteiger partial charge on any atom is 0.0741 e. The number of fused-ring (bicyclic) bond motifs is 1. The zero-order chi connectivity index (χ0) is 11.0. The molecular weight excluding hydrogens is 256 g/mol. The lowest BCUT2D eigenvalue weighted by atomic mass is 10.1. The van der Waals surface area contributed by atoms with Crippen molar-refractivity contribution in [2.75, 3.05) is 0 Å². The van der Waals surface area contributed by atoms with Crippen LogP contribution in [0.3, 0.4) is 0 Å². The van der Waals surface area contributed by atoms with Crippen LogP contribution in [0.5, 0.6) is 0 Å². The molecule has 2 aromatic rings. The number of halogens is 1. The molecule has 0 aliphatic heterocycles. The van der Waals surface area contributed by atoms with E-state index >= 15 is 0 Å². The number of benzene rings is 1. The molecule has 1 heterocycles. The van der Waals surface area contributed by atoms with Crippen LogP contribution >= 0.6 is 15.9 Å². The molecule has 3 nitrogen and oxygen atoms in total. The molecule has 0 radical (unpaired) electrons. The molecule has 0 fully saturated rings. The monoisotopic (exact) mass is 268 g/mol. The highest BCUT2D eigenvalue weighted by atomic mass is 79.9. The van der Waals surface area contributed by atoms with Gasteiger partial charge in [-0.05, 0) is 26.0 Å². The van der Waals surface area contributed by atoms with Crippen molar-refractivity contribution in [3.63, 3.8) is 0 Å². The van der Waals surface area contributed by atoms with Gasteiger partial charge < -0.3 is 5.11 Å². The molecule has 0 amide bonds. The predicted molar refractivity (Wildman–Crippen MR) is 63.7 cm³/mol. The fourth-order valence-corrected chi connectivity index (χ4v) is 2.27. The second-order valence-corrected chi connectivity index (χ2v) is 4.76. The summed E-state index contributed by atoms with van der Waals surface area (Å²) in [6, 6.07) is 4.25. The predicted octanol–water partition coefficient (Wildman–Crippen LogP) is 2.87. The maximum atomic E-state index is 9.32. The minimum atomic E-state index is 0.0361. The van der Waals surface area contributed by atoms with Gasteiger partial charge in [-0.25, -0.2) is 0 Å². The molecule has 0 bridgehead atoms. The highest BCUT2D eigenvalue weighted by Crippen LogP contribution is 2.26. The molecule has 0 aliphatic carbocycles. The topological polar surface area (TPSA) is 38.0 Å². The van der Waals surface area contributed by atoms with Gasteiger partial charge in [0, 0.05) is 21.5 Å². The number of hydrogen-bond donors (Lipinski definition) is 1. The Kier molecular flexibility index (Phi) is 2.80. The number of hydrogen-bond acceptors (Lipinski definition) is 2. The average molecular weight is 269 g/mol. The number of nitrogens with zero attached hydrogens (tertiary/aromatic N) is 2. The number of aromatic nitrogens is 2. The molecule has 15 heavy (non-hydrogen) atoms. The quantitative estimate of drug-likeness (QED) is 0.910. The standard InChI is InChI=1S/C11H13BrN2O/c1-7(2)14-11-8(5-13-14)3-10(12)4-9(11)6-15/h3-5,7,15H,6H2,1-2H3. The summed E-state index contributed by atoms with van der Waals surface area (Å²) in [5.41, 5.74) is 1.93. The molecule has 0 saturated heterocycles. The van der Waals surface area contributed by atoms with Gasteiger partial charge in [-0.15, -0.1) is 0 Å². The summed E-state index contributed by atoms with van der Waals surface area (Å²) in [7, 11) is 0. The Bertz CT molecular complexity index is 491. The van der Waals surface area contributed by atoms with Crippen LogP contribution in [0.4, 0.5) is 0 Å². The van der Waals surface area contributed by atoms with Gasteiger partial charge in [-0.1, -0.05) is 15.9 Å². The van der Waals surface area contributed by atoms with Crippen LogP contribution in [0, 0.1) is 0 Å². The van der Waals surface area contributed by atoms with Crippen LogP contribution in [0.2, 0.25) is 0 Å². The Labute approximate surface area is 96.8 Å². The summed E-state index contributed by atoms with van der Waals surface area (Å²) in [4.78, 5) is 0. The van der Waals surface area contributed by atoms with Crippen LogP contribution in [-0.4, -0.2) is 14.9 Å². The highest BCUT2D eigenvalue weighted by molar-refractivity contribution is 9.10. The van der Waals surface area contributed by atoms with E-state index in [1.807, 2.05) is 23.0 Å².